The number of hydrogen-bond donors (Lipinski definition) is 3. The molecule has 0 radical (unpaired) electrons. The smallest absolute Gasteiger partial charge is 0.191 e. The van der Waals surface area contributed by atoms with Gasteiger partial charge in [0.1, 0.15) is 17.3 Å². The maximum Gasteiger partial charge on any atom is 0.191 e. The summed E-state index contributed by atoms with van der Waals surface area (Å²) < 4.78 is 10.8. The van der Waals surface area contributed by atoms with Gasteiger partial charge in [0.25, 0.3) is 0 Å². The molecule has 33 heavy (non-hydrogen) atoms. The Labute approximate surface area is 195 Å². The summed E-state index contributed by atoms with van der Waals surface area (Å²) in [5.41, 5.74) is 3.26. The first kappa shape index (κ1) is 22.5. The molecule has 2 heterocycles. The SMILES string of the molecule is CN=C(NCc1ncc(-c2ccccc2)[nH]1)NC1CCN(c2cc(OC)cc(OC)c2)CC1. The molecule has 8 nitrogen and oxygen atoms in total. The Hall–Kier alpha value is -3.68. The summed E-state index contributed by atoms with van der Waals surface area (Å²) in [5.74, 6) is 3.28. The Morgan fingerprint density at radius 3 is 2.42 bits per heavy atom. The number of ether oxygens (including phenoxy) is 2. The fraction of sp³-hybridized carbons (Fsp3) is 0.360. The Bertz CT molecular complexity index is 1040. The molecular weight excluding hydrogens is 416 g/mol. The van der Waals surface area contributed by atoms with Gasteiger partial charge < -0.3 is 30.0 Å². The zero-order chi connectivity index (χ0) is 23.0. The summed E-state index contributed by atoms with van der Waals surface area (Å²) in [6, 6.07) is 16.6. The number of nitrogens with zero attached hydrogens (tertiary/aromatic N) is 3. The van der Waals surface area contributed by atoms with Crippen molar-refractivity contribution in [3.05, 3.63) is 60.6 Å². The highest BCUT2D eigenvalue weighted by molar-refractivity contribution is 5.80. The summed E-state index contributed by atoms with van der Waals surface area (Å²) in [7, 11) is 5.15. The van der Waals surface area contributed by atoms with Crippen LogP contribution in [-0.4, -0.2) is 56.3 Å². The second kappa shape index (κ2) is 10.8. The Morgan fingerprint density at radius 2 is 1.79 bits per heavy atom. The largest absolute Gasteiger partial charge is 0.497 e. The minimum Gasteiger partial charge on any atom is -0.497 e. The minimum absolute atomic E-state index is 0.358. The van der Waals surface area contributed by atoms with Crippen molar-refractivity contribution in [1.82, 2.24) is 20.6 Å². The number of aromatic amines is 1. The van der Waals surface area contributed by atoms with E-state index in [0.29, 0.717) is 12.6 Å². The van der Waals surface area contributed by atoms with Crippen LogP contribution in [0.5, 0.6) is 11.5 Å². The second-order valence-electron chi connectivity index (χ2n) is 8.01. The quantitative estimate of drug-likeness (QED) is 0.379. The van der Waals surface area contributed by atoms with Crippen LogP contribution in [0.2, 0.25) is 0 Å². The number of aliphatic imine (C=N–C) groups is 1. The van der Waals surface area contributed by atoms with Crippen LogP contribution in [0.25, 0.3) is 11.3 Å². The van der Waals surface area contributed by atoms with Gasteiger partial charge in [0.05, 0.1) is 32.7 Å². The topological polar surface area (TPSA) is 86.8 Å². The molecule has 0 unspecified atom stereocenters. The van der Waals surface area contributed by atoms with Gasteiger partial charge in [0.2, 0.25) is 0 Å². The first-order chi connectivity index (χ1) is 16.2. The number of methoxy groups -OCH3 is 2. The van der Waals surface area contributed by atoms with E-state index in [4.69, 9.17) is 9.47 Å². The standard InChI is InChI=1S/C25H32N6O2/c1-26-25(28-17-24-27-16-23(30-24)18-7-5-4-6-8-18)29-19-9-11-31(12-10-19)20-13-21(32-2)15-22(14-20)33-3/h4-8,13-16,19H,9-12,17H2,1-3H3,(H,27,30)(H2,26,28,29). The predicted molar refractivity (Wildman–Crippen MR) is 132 cm³/mol. The van der Waals surface area contributed by atoms with Crippen LogP contribution in [0, 0.1) is 0 Å². The zero-order valence-corrected chi connectivity index (χ0v) is 19.5. The number of nitrogens with one attached hydrogen (secondary N) is 3. The third-order valence-electron chi connectivity index (χ3n) is 5.90. The average Bonchev–Trinajstić information content (AvgIpc) is 3.36. The van der Waals surface area contributed by atoms with E-state index >= 15 is 0 Å². The predicted octanol–water partition coefficient (Wildman–Crippen LogP) is 3.43. The third kappa shape index (κ3) is 5.77. The Balaban J connectivity index is 1.28. The van der Waals surface area contributed by atoms with Gasteiger partial charge in [-0.1, -0.05) is 30.3 Å². The molecule has 174 valence electrons. The van der Waals surface area contributed by atoms with Crippen molar-refractivity contribution < 1.29 is 9.47 Å². The molecule has 0 atom stereocenters. The van der Waals surface area contributed by atoms with Gasteiger partial charge in [-0.2, -0.15) is 0 Å². The molecule has 3 N–H and O–H groups in total. The van der Waals surface area contributed by atoms with E-state index in [9.17, 15) is 0 Å². The van der Waals surface area contributed by atoms with Crippen LogP contribution in [-0.2, 0) is 6.54 Å². The molecule has 0 aliphatic carbocycles. The molecule has 0 saturated carbocycles. The molecule has 2 aromatic carbocycles. The molecule has 0 spiro atoms. The summed E-state index contributed by atoms with van der Waals surface area (Å²) >= 11 is 0. The Morgan fingerprint density at radius 1 is 1.09 bits per heavy atom. The average molecular weight is 449 g/mol. The number of piperidine rings is 1. The lowest BCUT2D eigenvalue weighted by Gasteiger charge is -2.34. The molecular formula is C25H32N6O2. The fourth-order valence-corrected chi connectivity index (χ4v) is 4.03. The van der Waals surface area contributed by atoms with E-state index in [0.717, 1.165) is 66.2 Å². The molecule has 1 aromatic heterocycles. The summed E-state index contributed by atoms with van der Waals surface area (Å²) in [6.07, 6.45) is 3.89. The molecule has 3 aromatic rings. The van der Waals surface area contributed by atoms with Gasteiger partial charge in [0.15, 0.2) is 5.96 Å². The Kier molecular flexibility index (Phi) is 7.34. The number of rotatable bonds is 7. The van der Waals surface area contributed by atoms with Crippen molar-refractivity contribution in [2.24, 2.45) is 4.99 Å². The van der Waals surface area contributed by atoms with Crippen molar-refractivity contribution in [3.8, 4) is 22.8 Å². The van der Waals surface area contributed by atoms with Crippen molar-refractivity contribution in [1.29, 1.82) is 0 Å². The molecule has 8 heteroatoms. The van der Waals surface area contributed by atoms with Crippen molar-refractivity contribution in [2.45, 2.75) is 25.4 Å². The minimum atomic E-state index is 0.358. The molecule has 0 amide bonds. The van der Waals surface area contributed by atoms with Gasteiger partial charge >= 0.3 is 0 Å². The summed E-state index contributed by atoms with van der Waals surface area (Å²) in [5, 5.41) is 6.92. The number of benzene rings is 2. The monoisotopic (exact) mass is 448 g/mol. The lowest BCUT2D eigenvalue weighted by Crippen LogP contribution is -2.48. The number of aromatic nitrogens is 2. The van der Waals surface area contributed by atoms with Gasteiger partial charge in [-0.25, -0.2) is 4.98 Å². The molecule has 1 fully saturated rings. The zero-order valence-electron chi connectivity index (χ0n) is 19.5. The van der Waals surface area contributed by atoms with Gasteiger partial charge in [-0.05, 0) is 18.4 Å². The van der Waals surface area contributed by atoms with Gasteiger partial charge in [-0.3, -0.25) is 4.99 Å². The molecule has 4 rings (SSSR count). The van der Waals surface area contributed by atoms with Crippen LogP contribution in [0.1, 0.15) is 18.7 Å². The summed E-state index contributed by atoms with van der Waals surface area (Å²) in [4.78, 5) is 14.6. The lowest BCUT2D eigenvalue weighted by atomic mass is 10.0. The molecule has 1 saturated heterocycles. The number of guanidine groups is 1. The normalized spacial score (nSPS) is 14.8. The van der Waals surface area contributed by atoms with E-state index in [1.165, 1.54) is 0 Å². The van der Waals surface area contributed by atoms with Crippen LogP contribution in [0.15, 0.2) is 59.7 Å². The van der Waals surface area contributed by atoms with Crippen LogP contribution >= 0.6 is 0 Å². The van der Waals surface area contributed by atoms with Crippen LogP contribution in [0.3, 0.4) is 0 Å². The van der Waals surface area contributed by atoms with E-state index < -0.39 is 0 Å². The van der Waals surface area contributed by atoms with Crippen molar-refractivity contribution in [3.63, 3.8) is 0 Å². The number of imidazole rings is 1. The van der Waals surface area contributed by atoms with Crippen molar-refractivity contribution in [2.75, 3.05) is 39.3 Å². The highest BCUT2D eigenvalue weighted by Crippen LogP contribution is 2.30. The number of anilines is 1. The van der Waals surface area contributed by atoms with Crippen LogP contribution in [0.4, 0.5) is 5.69 Å². The first-order valence-electron chi connectivity index (χ1n) is 11.2. The second-order valence-corrected chi connectivity index (χ2v) is 8.01. The summed E-state index contributed by atoms with van der Waals surface area (Å²) in [6.45, 7) is 2.47. The molecule has 1 aliphatic heterocycles. The van der Waals surface area contributed by atoms with E-state index in [2.05, 4.69) is 54.8 Å². The van der Waals surface area contributed by atoms with Crippen LogP contribution < -0.4 is 25.0 Å². The van der Waals surface area contributed by atoms with Gasteiger partial charge in [-0.15, -0.1) is 0 Å². The highest BCUT2D eigenvalue weighted by atomic mass is 16.5. The maximum atomic E-state index is 5.42. The highest BCUT2D eigenvalue weighted by Gasteiger charge is 2.21. The van der Waals surface area contributed by atoms with E-state index in [-0.39, 0.29) is 0 Å². The fourth-order valence-electron chi connectivity index (χ4n) is 4.03. The lowest BCUT2D eigenvalue weighted by molar-refractivity contribution is 0.393. The molecule has 1 aliphatic rings. The molecule has 0 bridgehead atoms. The first-order valence-corrected chi connectivity index (χ1v) is 11.2. The van der Waals surface area contributed by atoms with E-state index in [1.54, 1.807) is 21.3 Å². The number of H-pyrrole nitrogens is 1. The third-order valence-corrected chi connectivity index (χ3v) is 5.90. The van der Waals surface area contributed by atoms with E-state index in [1.807, 2.05) is 30.5 Å². The number of hydrogen-bond acceptors (Lipinski definition) is 5. The van der Waals surface area contributed by atoms with Crippen molar-refractivity contribution >= 4 is 11.6 Å². The maximum absolute atomic E-state index is 5.42. The van der Waals surface area contributed by atoms with Gasteiger partial charge in [0, 0.05) is 50.1 Å².